The van der Waals surface area contributed by atoms with Gasteiger partial charge in [0.15, 0.2) is 5.67 Å². The molecule has 0 spiro atoms. The van der Waals surface area contributed by atoms with E-state index < -0.39 is 11.6 Å². The lowest BCUT2D eigenvalue weighted by molar-refractivity contribution is -0.146. The molecular weight excluding hydrogens is 431 g/mol. The number of alkyl halides is 1. The maximum Gasteiger partial charge on any atom is 0.335 e. The van der Waals surface area contributed by atoms with Crippen molar-refractivity contribution in [2.24, 2.45) is 0 Å². The summed E-state index contributed by atoms with van der Waals surface area (Å²) in [6.07, 6.45) is 2.13. The number of hydrogen-bond acceptors (Lipinski definition) is 6. The third-order valence-electron chi connectivity index (χ3n) is 4.95. The minimum Gasteiger partial charge on any atom is -0.488 e. The van der Waals surface area contributed by atoms with Crippen molar-refractivity contribution < 1.29 is 23.8 Å². The second-order valence-corrected chi connectivity index (χ2v) is 8.66. The summed E-state index contributed by atoms with van der Waals surface area (Å²) in [7, 11) is 0. The largest absolute Gasteiger partial charge is 0.488 e. The minimum atomic E-state index is -1.54. The van der Waals surface area contributed by atoms with Gasteiger partial charge in [-0.1, -0.05) is 17.7 Å². The average Bonchev–Trinajstić information content (AvgIpc) is 3.55. The van der Waals surface area contributed by atoms with E-state index in [1.807, 2.05) is 12.1 Å². The van der Waals surface area contributed by atoms with E-state index in [0.717, 1.165) is 23.3 Å². The quantitative estimate of drug-likeness (QED) is 0.547. The summed E-state index contributed by atoms with van der Waals surface area (Å²) in [5.41, 5.74) is 0.421. The number of nitrogens with zero attached hydrogens (tertiary/aromatic N) is 1. The number of nitrogens with one attached hydrogen (secondary N) is 1. The summed E-state index contributed by atoms with van der Waals surface area (Å²) in [4.78, 5) is 12.1. The van der Waals surface area contributed by atoms with Crippen molar-refractivity contribution in [1.82, 2.24) is 0 Å². The lowest BCUT2D eigenvalue weighted by Crippen LogP contribution is -2.50. The zero-order chi connectivity index (χ0) is 21.3. The number of carbonyl (C=O) groups is 1. The first-order chi connectivity index (χ1) is 14.4. The van der Waals surface area contributed by atoms with Crippen LogP contribution >= 0.6 is 23.5 Å². The maximum atomic E-state index is 14.3. The van der Waals surface area contributed by atoms with E-state index in [1.165, 1.54) is 24.1 Å². The average molecular weight is 449 g/mol. The van der Waals surface area contributed by atoms with Crippen LogP contribution in [0.2, 0.25) is 5.02 Å². The molecular formula is C21H18ClFN2O4S. The first-order valence-corrected chi connectivity index (χ1v) is 10.5. The Morgan fingerprint density at radius 3 is 2.77 bits per heavy atom. The lowest BCUT2D eigenvalue weighted by Gasteiger charge is -2.33. The number of hydrogen-bond donors (Lipinski definition) is 2. The van der Waals surface area contributed by atoms with Crippen LogP contribution in [0.25, 0.3) is 0 Å². The normalized spacial score (nSPS) is 17.0. The van der Waals surface area contributed by atoms with Crippen LogP contribution in [-0.4, -0.2) is 36.6 Å². The highest BCUT2D eigenvalue weighted by Gasteiger charge is 2.40. The molecule has 0 radical (unpaired) electrons. The molecule has 0 bridgehead atoms. The van der Waals surface area contributed by atoms with Crippen molar-refractivity contribution in [3.05, 3.63) is 52.0 Å². The number of aromatic carboxylic acids is 1. The smallest absolute Gasteiger partial charge is 0.335 e. The summed E-state index contributed by atoms with van der Waals surface area (Å²) in [6, 6.07) is 10.1. The number of carboxylic acid groups (broad SMARTS) is 1. The number of rotatable bonds is 8. The van der Waals surface area contributed by atoms with Crippen molar-refractivity contribution in [3.8, 4) is 11.8 Å². The molecule has 0 unspecified atom stereocenters. The standard InChI is InChI=1S/C21H18ClFN2O4S/c22-16-7-18(29-11-21(23)9-28-10-21)17(5-14(16)8-24)25-30-19-6-13(20(26)27)3-4-15(19)12-1-2-12/h3-7,12,25H,1-2,9-11H2,(H,26,27). The second-order valence-electron chi connectivity index (χ2n) is 7.41. The van der Waals surface area contributed by atoms with E-state index in [4.69, 9.17) is 21.1 Å². The highest BCUT2D eigenvalue weighted by Crippen LogP contribution is 2.45. The summed E-state index contributed by atoms with van der Waals surface area (Å²) >= 11 is 7.35. The molecule has 1 aliphatic carbocycles. The van der Waals surface area contributed by atoms with Crippen LogP contribution < -0.4 is 9.46 Å². The van der Waals surface area contributed by atoms with Gasteiger partial charge in [-0.05, 0) is 54.5 Å². The van der Waals surface area contributed by atoms with Gasteiger partial charge in [0, 0.05) is 11.0 Å². The molecule has 6 nitrogen and oxygen atoms in total. The molecule has 0 atom stereocenters. The Kier molecular flexibility index (Phi) is 5.78. The SMILES string of the molecule is N#Cc1cc(NSc2cc(C(=O)O)ccc2C2CC2)c(OCC2(F)COC2)cc1Cl. The molecule has 1 heterocycles. The molecule has 156 valence electrons. The molecule has 2 aliphatic rings. The lowest BCUT2D eigenvalue weighted by atomic mass is 10.1. The second kappa shape index (κ2) is 8.34. The summed E-state index contributed by atoms with van der Waals surface area (Å²) in [5.74, 6) is -0.284. The predicted molar refractivity (Wildman–Crippen MR) is 111 cm³/mol. The van der Waals surface area contributed by atoms with Gasteiger partial charge in [-0.3, -0.25) is 0 Å². The number of halogens is 2. The van der Waals surface area contributed by atoms with Crippen molar-refractivity contribution in [3.63, 3.8) is 0 Å². The third-order valence-corrected chi connectivity index (χ3v) is 6.15. The Morgan fingerprint density at radius 1 is 1.40 bits per heavy atom. The molecule has 1 saturated carbocycles. The molecule has 1 aliphatic heterocycles. The molecule has 0 amide bonds. The molecule has 4 rings (SSSR count). The van der Waals surface area contributed by atoms with Crippen molar-refractivity contribution in [2.75, 3.05) is 24.5 Å². The Labute approximate surface area is 182 Å². The molecule has 30 heavy (non-hydrogen) atoms. The fraction of sp³-hybridized carbons (Fsp3) is 0.333. The Bertz CT molecular complexity index is 1030. The predicted octanol–water partition coefficient (Wildman–Crippen LogP) is 5.02. The van der Waals surface area contributed by atoms with Crippen molar-refractivity contribution in [2.45, 2.75) is 29.3 Å². The molecule has 0 aromatic heterocycles. The Morgan fingerprint density at radius 2 is 2.17 bits per heavy atom. The molecule has 2 aromatic carbocycles. The number of anilines is 1. The van der Waals surface area contributed by atoms with Gasteiger partial charge in [0.25, 0.3) is 0 Å². The van der Waals surface area contributed by atoms with E-state index in [0.29, 0.717) is 17.4 Å². The van der Waals surface area contributed by atoms with E-state index in [2.05, 4.69) is 4.72 Å². The molecule has 1 saturated heterocycles. The number of ether oxygens (including phenoxy) is 2. The van der Waals surface area contributed by atoms with Crippen molar-refractivity contribution in [1.29, 1.82) is 5.26 Å². The number of nitriles is 1. The topological polar surface area (TPSA) is 91.6 Å². The van der Waals surface area contributed by atoms with Crippen LogP contribution in [0.4, 0.5) is 10.1 Å². The van der Waals surface area contributed by atoms with Gasteiger partial charge in [0.1, 0.15) is 18.4 Å². The zero-order valence-corrected chi connectivity index (χ0v) is 17.4. The molecule has 2 N–H and O–H groups in total. The van der Waals surface area contributed by atoms with Gasteiger partial charge in [-0.15, -0.1) is 0 Å². The number of benzene rings is 2. The van der Waals surface area contributed by atoms with Crippen LogP contribution in [0.5, 0.6) is 5.75 Å². The fourth-order valence-corrected chi connectivity index (χ4v) is 4.16. The molecule has 9 heteroatoms. The third kappa shape index (κ3) is 4.48. The summed E-state index contributed by atoms with van der Waals surface area (Å²) in [5, 5.41) is 18.8. The van der Waals surface area contributed by atoms with Gasteiger partial charge in [-0.2, -0.15) is 5.26 Å². The van der Waals surface area contributed by atoms with Crippen LogP contribution in [0.1, 0.15) is 40.2 Å². The van der Waals surface area contributed by atoms with Crippen LogP contribution in [0.15, 0.2) is 35.2 Å². The van der Waals surface area contributed by atoms with Crippen LogP contribution in [-0.2, 0) is 4.74 Å². The zero-order valence-electron chi connectivity index (χ0n) is 15.8. The summed E-state index contributed by atoms with van der Waals surface area (Å²) < 4.78 is 27.9. The van der Waals surface area contributed by atoms with E-state index in [1.54, 1.807) is 12.1 Å². The number of carboxylic acids is 1. The maximum absolute atomic E-state index is 14.3. The van der Waals surface area contributed by atoms with Gasteiger partial charge < -0.3 is 19.3 Å². The fourth-order valence-electron chi connectivity index (χ4n) is 3.05. The van der Waals surface area contributed by atoms with Gasteiger partial charge >= 0.3 is 5.97 Å². The van der Waals surface area contributed by atoms with Gasteiger partial charge in [0.2, 0.25) is 0 Å². The van der Waals surface area contributed by atoms with E-state index in [-0.39, 0.29) is 36.0 Å². The van der Waals surface area contributed by atoms with E-state index in [9.17, 15) is 19.6 Å². The monoisotopic (exact) mass is 448 g/mol. The highest BCUT2D eigenvalue weighted by atomic mass is 35.5. The molecule has 2 fully saturated rings. The first-order valence-electron chi connectivity index (χ1n) is 9.32. The van der Waals surface area contributed by atoms with Crippen LogP contribution in [0, 0.1) is 11.3 Å². The molecule has 2 aromatic rings. The van der Waals surface area contributed by atoms with Crippen LogP contribution in [0.3, 0.4) is 0 Å². The Balaban J connectivity index is 1.58. The van der Waals surface area contributed by atoms with Gasteiger partial charge in [0.05, 0.1) is 35.1 Å². The minimum absolute atomic E-state index is 0.0265. The van der Waals surface area contributed by atoms with E-state index >= 15 is 0 Å². The Hall–Kier alpha value is -2.47. The summed E-state index contributed by atoms with van der Waals surface area (Å²) in [6.45, 7) is -0.251. The van der Waals surface area contributed by atoms with Gasteiger partial charge in [-0.25, -0.2) is 9.18 Å². The highest BCUT2D eigenvalue weighted by molar-refractivity contribution is 8.00. The first kappa shape index (κ1) is 20.8. The van der Waals surface area contributed by atoms with Crippen molar-refractivity contribution >= 4 is 35.2 Å².